The zero-order chi connectivity index (χ0) is 18.4. The third-order valence-electron chi connectivity index (χ3n) is 3.40. The minimum Gasteiger partial charge on any atom is -0.497 e. The number of rotatable bonds is 6. The minimum absolute atomic E-state index is 0.146. The van der Waals surface area contributed by atoms with Crippen molar-refractivity contribution in [1.29, 1.82) is 0 Å². The van der Waals surface area contributed by atoms with Gasteiger partial charge in [-0.05, 0) is 45.8 Å². The molecule has 0 aromatic heterocycles. The van der Waals surface area contributed by atoms with Crippen LogP contribution in [0.25, 0.3) is 0 Å². The molecule has 0 spiro atoms. The lowest BCUT2D eigenvalue weighted by Crippen LogP contribution is -2.23. The maximum Gasteiger partial charge on any atom is 0.255 e. The van der Waals surface area contributed by atoms with Crippen LogP contribution >= 0.6 is 15.9 Å². The van der Waals surface area contributed by atoms with Gasteiger partial charge in [-0.25, -0.2) is 0 Å². The predicted octanol–water partition coefficient (Wildman–Crippen LogP) is 3.35. The minimum atomic E-state index is -0.290. The molecule has 2 amide bonds. The molecule has 0 unspecified atom stereocenters. The van der Waals surface area contributed by atoms with Gasteiger partial charge in [-0.1, -0.05) is 12.1 Å². The maximum absolute atomic E-state index is 12.5. The van der Waals surface area contributed by atoms with Crippen LogP contribution in [0.15, 0.2) is 40.9 Å². The van der Waals surface area contributed by atoms with E-state index in [4.69, 9.17) is 9.47 Å². The number of carbonyl (C=O) groups excluding carboxylic acids is 2. The zero-order valence-electron chi connectivity index (χ0n) is 14.2. The topological polar surface area (TPSA) is 76.7 Å². The van der Waals surface area contributed by atoms with Crippen molar-refractivity contribution in [3.8, 4) is 11.5 Å². The van der Waals surface area contributed by atoms with Crippen LogP contribution in [0.3, 0.4) is 0 Å². The van der Waals surface area contributed by atoms with Gasteiger partial charge < -0.3 is 20.1 Å². The Morgan fingerprint density at radius 2 is 1.88 bits per heavy atom. The van der Waals surface area contributed by atoms with Gasteiger partial charge in [0.15, 0.2) is 0 Å². The van der Waals surface area contributed by atoms with E-state index in [1.165, 1.54) is 21.1 Å². The lowest BCUT2D eigenvalue weighted by Gasteiger charge is -2.13. The number of halogens is 1. The Labute approximate surface area is 154 Å². The van der Waals surface area contributed by atoms with Crippen LogP contribution in [0, 0.1) is 0 Å². The van der Waals surface area contributed by atoms with Crippen LogP contribution in [0.4, 0.5) is 5.69 Å². The monoisotopic (exact) mass is 406 g/mol. The lowest BCUT2D eigenvalue weighted by molar-refractivity contribution is -0.114. The van der Waals surface area contributed by atoms with Crippen molar-refractivity contribution in [1.82, 2.24) is 5.32 Å². The number of ether oxygens (including phenoxy) is 2. The summed E-state index contributed by atoms with van der Waals surface area (Å²) in [5, 5.41) is 5.55. The van der Waals surface area contributed by atoms with Gasteiger partial charge in [0.1, 0.15) is 11.5 Å². The number of benzene rings is 2. The fourth-order valence-electron chi connectivity index (χ4n) is 2.30. The molecular formula is C18H19BrN2O4. The summed E-state index contributed by atoms with van der Waals surface area (Å²) in [5.41, 5.74) is 1.91. The summed E-state index contributed by atoms with van der Waals surface area (Å²) in [6, 6.07) is 10.6. The first kappa shape index (κ1) is 18.8. The van der Waals surface area contributed by atoms with Gasteiger partial charge in [-0.15, -0.1) is 0 Å². The molecule has 7 heteroatoms. The second-order valence-corrected chi connectivity index (χ2v) is 6.11. The second-order valence-electron chi connectivity index (χ2n) is 5.25. The normalized spacial score (nSPS) is 10.1. The summed E-state index contributed by atoms with van der Waals surface area (Å²) in [5.74, 6) is 0.546. The number of amides is 2. The largest absolute Gasteiger partial charge is 0.497 e. The first-order valence-corrected chi connectivity index (χ1v) is 8.30. The highest BCUT2D eigenvalue weighted by Crippen LogP contribution is 2.33. The summed E-state index contributed by atoms with van der Waals surface area (Å²) in [6.45, 7) is 1.76. The molecule has 0 heterocycles. The Bertz CT molecular complexity index is 793. The molecule has 2 N–H and O–H groups in total. The predicted molar refractivity (Wildman–Crippen MR) is 99.2 cm³/mol. The van der Waals surface area contributed by atoms with Gasteiger partial charge >= 0.3 is 0 Å². The molecule has 0 aliphatic carbocycles. The maximum atomic E-state index is 12.5. The number of nitrogens with one attached hydrogen (secondary N) is 2. The number of methoxy groups -OCH3 is 2. The average Bonchev–Trinajstić information content (AvgIpc) is 2.58. The molecule has 0 saturated carbocycles. The van der Waals surface area contributed by atoms with E-state index < -0.39 is 0 Å². The summed E-state index contributed by atoms with van der Waals surface area (Å²) < 4.78 is 11.1. The van der Waals surface area contributed by atoms with Gasteiger partial charge in [0.2, 0.25) is 5.91 Å². The van der Waals surface area contributed by atoms with Crippen LogP contribution < -0.4 is 20.1 Å². The summed E-state index contributed by atoms with van der Waals surface area (Å²) in [6.07, 6.45) is 0. The molecule has 6 nitrogen and oxygen atoms in total. The molecule has 2 rings (SSSR count). The molecule has 0 radical (unpaired) electrons. The van der Waals surface area contributed by atoms with Gasteiger partial charge in [-0.3, -0.25) is 9.59 Å². The molecule has 0 aliphatic rings. The van der Waals surface area contributed by atoms with E-state index in [0.717, 1.165) is 5.56 Å². The van der Waals surface area contributed by atoms with Gasteiger partial charge in [0, 0.05) is 19.2 Å². The van der Waals surface area contributed by atoms with Crippen LogP contribution in [0.2, 0.25) is 0 Å². The Morgan fingerprint density at radius 3 is 2.52 bits per heavy atom. The zero-order valence-corrected chi connectivity index (χ0v) is 15.8. The molecular weight excluding hydrogens is 388 g/mol. The van der Waals surface area contributed by atoms with Crippen LogP contribution in [-0.2, 0) is 11.3 Å². The summed E-state index contributed by atoms with van der Waals surface area (Å²) in [7, 11) is 3.03. The average molecular weight is 407 g/mol. The number of hydrogen-bond donors (Lipinski definition) is 2. The van der Waals surface area contributed by atoms with Crippen LogP contribution in [0.5, 0.6) is 11.5 Å². The molecule has 0 bridgehead atoms. The first-order valence-electron chi connectivity index (χ1n) is 7.51. The summed E-state index contributed by atoms with van der Waals surface area (Å²) >= 11 is 3.37. The number of anilines is 1. The third-order valence-corrected chi connectivity index (χ3v) is 3.99. The Hall–Kier alpha value is -2.54. The highest BCUT2D eigenvalue weighted by Gasteiger charge is 2.17. The van der Waals surface area contributed by atoms with Crippen molar-refractivity contribution >= 4 is 33.4 Å². The van der Waals surface area contributed by atoms with Crippen molar-refractivity contribution in [2.24, 2.45) is 0 Å². The van der Waals surface area contributed by atoms with Crippen molar-refractivity contribution in [3.63, 3.8) is 0 Å². The van der Waals surface area contributed by atoms with Crippen LogP contribution in [-0.4, -0.2) is 26.0 Å². The number of hydrogen-bond acceptors (Lipinski definition) is 4. The standard InChI is InChI=1S/C18H19BrN2O4/c1-11(22)21-13-6-4-5-12(7-13)10-20-18(23)15-8-14(24-2)9-16(19)17(15)25-3/h4-9H,10H2,1-3H3,(H,20,23)(H,21,22). The van der Waals surface area contributed by atoms with E-state index in [1.54, 1.807) is 24.3 Å². The van der Waals surface area contributed by atoms with E-state index in [-0.39, 0.29) is 11.8 Å². The third kappa shape index (κ3) is 4.96. The van der Waals surface area contributed by atoms with Gasteiger partial charge in [0.05, 0.1) is 24.3 Å². The Morgan fingerprint density at radius 1 is 1.12 bits per heavy atom. The molecule has 25 heavy (non-hydrogen) atoms. The van der Waals surface area contributed by atoms with Crippen molar-refractivity contribution in [2.75, 3.05) is 19.5 Å². The fraction of sp³-hybridized carbons (Fsp3) is 0.222. The molecule has 0 fully saturated rings. The molecule has 0 saturated heterocycles. The first-order chi connectivity index (χ1) is 11.9. The van der Waals surface area contributed by atoms with E-state index in [0.29, 0.717) is 33.8 Å². The Balaban J connectivity index is 2.15. The second kappa shape index (κ2) is 8.53. The molecule has 0 aliphatic heterocycles. The highest BCUT2D eigenvalue weighted by molar-refractivity contribution is 9.10. The van der Waals surface area contributed by atoms with E-state index in [1.807, 2.05) is 12.1 Å². The smallest absolute Gasteiger partial charge is 0.255 e. The molecule has 2 aromatic carbocycles. The van der Waals surface area contributed by atoms with Gasteiger partial charge in [0.25, 0.3) is 5.91 Å². The highest BCUT2D eigenvalue weighted by atomic mass is 79.9. The quantitative estimate of drug-likeness (QED) is 0.770. The van der Waals surface area contributed by atoms with Crippen molar-refractivity contribution in [2.45, 2.75) is 13.5 Å². The Kier molecular flexibility index (Phi) is 6.41. The molecule has 132 valence electrons. The molecule has 0 atom stereocenters. The summed E-state index contributed by atoms with van der Waals surface area (Å²) in [4.78, 5) is 23.7. The van der Waals surface area contributed by atoms with Crippen molar-refractivity contribution in [3.05, 3.63) is 52.0 Å². The molecule has 2 aromatic rings. The fourth-order valence-corrected chi connectivity index (χ4v) is 2.90. The van der Waals surface area contributed by atoms with Crippen molar-refractivity contribution < 1.29 is 19.1 Å². The van der Waals surface area contributed by atoms with E-state index in [2.05, 4.69) is 26.6 Å². The van der Waals surface area contributed by atoms with E-state index in [9.17, 15) is 9.59 Å². The van der Waals surface area contributed by atoms with Gasteiger partial charge in [-0.2, -0.15) is 0 Å². The van der Waals surface area contributed by atoms with E-state index >= 15 is 0 Å². The van der Waals surface area contributed by atoms with Crippen LogP contribution in [0.1, 0.15) is 22.8 Å². The lowest BCUT2D eigenvalue weighted by atomic mass is 10.1. The number of carbonyl (C=O) groups is 2. The SMILES string of the molecule is COc1cc(Br)c(OC)c(C(=O)NCc2cccc(NC(C)=O)c2)c1.